The normalized spacial score (nSPS) is 24.3. The smallest absolute Gasteiger partial charge is 0.227 e. The molecule has 0 bridgehead atoms. The van der Waals surface area contributed by atoms with Gasteiger partial charge >= 0.3 is 0 Å². The summed E-state index contributed by atoms with van der Waals surface area (Å²) in [6.07, 6.45) is 13.3. The lowest BCUT2D eigenvalue weighted by Crippen LogP contribution is -2.48. The maximum absolute atomic E-state index is 13.1. The standard InChI is InChI=1S/C18H24N6O/c25-17(22-9-2-5-16(13-22)24-11-8-19-14-24)15-4-1-10-23(12-15)18-20-6-3-7-21-18/h3,6-8,11,14-16H,1-2,4-5,9-10,12-13H2/t15-,16-/m0/s1. The number of anilines is 1. The number of imidazole rings is 1. The van der Waals surface area contributed by atoms with Crippen LogP contribution in [0.3, 0.4) is 0 Å². The van der Waals surface area contributed by atoms with Crippen molar-refractivity contribution in [1.29, 1.82) is 0 Å². The molecule has 2 fully saturated rings. The monoisotopic (exact) mass is 340 g/mol. The van der Waals surface area contributed by atoms with E-state index >= 15 is 0 Å². The van der Waals surface area contributed by atoms with E-state index in [9.17, 15) is 4.79 Å². The van der Waals surface area contributed by atoms with Crippen LogP contribution in [0.5, 0.6) is 0 Å². The molecule has 2 saturated heterocycles. The van der Waals surface area contributed by atoms with E-state index in [0.29, 0.717) is 6.04 Å². The van der Waals surface area contributed by atoms with E-state index in [2.05, 4.69) is 24.4 Å². The SMILES string of the molecule is O=C([C@H]1CCCN(c2ncccn2)C1)N1CCC[C@H](n2ccnc2)C1. The maximum atomic E-state index is 13.1. The Balaban J connectivity index is 1.41. The molecular weight excluding hydrogens is 316 g/mol. The largest absolute Gasteiger partial charge is 0.340 e. The number of nitrogens with zero attached hydrogens (tertiary/aromatic N) is 6. The Morgan fingerprint density at radius 3 is 2.68 bits per heavy atom. The Morgan fingerprint density at radius 1 is 1.04 bits per heavy atom. The first-order valence-electron chi connectivity index (χ1n) is 9.09. The molecule has 2 aliphatic heterocycles. The minimum absolute atomic E-state index is 0.0408. The second-order valence-electron chi connectivity index (χ2n) is 6.92. The highest BCUT2D eigenvalue weighted by Crippen LogP contribution is 2.26. The first kappa shape index (κ1) is 16.1. The number of likely N-dealkylation sites (tertiary alicyclic amines) is 1. The van der Waals surface area contributed by atoms with Crippen molar-refractivity contribution in [2.75, 3.05) is 31.1 Å². The zero-order valence-corrected chi connectivity index (χ0v) is 14.4. The van der Waals surface area contributed by atoms with E-state index in [4.69, 9.17) is 0 Å². The zero-order valence-electron chi connectivity index (χ0n) is 14.4. The molecule has 132 valence electrons. The van der Waals surface area contributed by atoms with Crippen molar-refractivity contribution in [2.45, 2.75) is 31.7 Å². The van der Waals surface area contributed by atoms with Gasteiger partial charge in [0, 0.05) is 51.0 Å². The van der Waals surface area contributed by atoms with Crippen LogP contribution in [0.25, 0.3) is 0 Å². The molecule has 2 aromatic heterocycles. The van der Waals surface area contributed by atoms with Gasteiger partial charge in [-0.2, -0.15) is 0 Å². The number of amides is 1. The van der Waals surface area contributed by atoms with Gasteiger partial charge in [-0.3, -0.25) is 4.79 Å². The number of carbonyl (C=O) groups is 1. The second kappa shape index (κ2) is 7.21. The average molecular weight is 340 g/mol. The van der Waals surface area contributed by atoms with E-state index in [0.717, 1.165) is 57.8 Å². The Hall–Kier alpha value is -2.44. The van der Waals surface area contributed by atoms with E-state index in [1.165, 1.54) is 0 Å². The van der Waals surface area contributed by atoms with Gasteiger partial charge in [0.2, 0.25) is 11.9 Å². The third kappa shape index (κ3) is 3.50. The Labute approximate surface area is 147 Å². The van der Waals surface area contributed by atoms with Crippen LogP contribution in [0.2, 0.25) is 0 Å². The molecule has 0 aromatic carbocycles. The van der Waals surface area contributed by atoms with Crippen LogP contribution in [0.1, 0.15) is 31.7 Å². The molecular formula is C18H24N6O. The van der Waals surface area contributed by atoms with Crippen molar-refractivity contribution in [3.05, 3.63) is 37.2 Å². The molecule has 0 N–H and O–H groups in total. The van der Waals surface area contributed by atoms with Crippen molar-refractivity contribution >= 4 is 11.9 Å². The summed E-state index contributed by atoms with van der Waals surface area (Å²) in [6.45, 7) is 3.29. The first-order chi connectivity index (χ1) is 12.3. The van der Waals surface area contributed by atoms with Gasteiger partial charge in [0.1, 0.15) is 0 Å². The van der Waals surface area contributed by atoms with Crippen molar-refractivity contribution in [3.8, 4) is 0 Å². The molecule has 4 rings (SSSR count). The number of carbonyl (C=O) groups excluding carboxylic acids is 1. The van der Waals surface area contributed by atoms with Crippen molar-refractivity contribution < 1.29 is 4.79 Å². The minimum Gasteiger partial charge on any atom is -0.340 e. The average Bonchev–Trinajstić information content (AvgIpc) is 3.23. The Kier molecular flexibility index (Phi) is 4.63. The number of aromatic nitrogens is 4. The van der Waals surface area contributed by atoms with Crippen LogP contribution in [-0.4, -0.2) is 56.5 Å². The third-order valence-corrected chi connectivity index (χ3v) is 5.26. The summed E-state index contributed by atoms with van der Waals surface area (Å²) >= 11 is 0. The summed E-state index contributed by atoms with van der Waals surface area (Å²) in [5.74, 6) is 1.06. The van der Waals surface area contributed by atoms with Gasteiger partial charge in [-0.25, -0.2) is 15.0 Å². The lowest BCUT2D eigenvalue weighted by molar-refractivity contribution is -0.137. The van der Waals surface area contributed by atoms with Crippen LogP contribution in [0.4, 0.5) is 5.95 Å². The molecule has 2 aliphatic rings. The number of piperidine rings is 2. The molecule has 2 aromatic rings. The van der Waals surface area contributed by atoms with Crippen molar-refractivity contribution in [2.24, 2.45) is 5.92 Å². The van der Waals surface area contributed by atoms with E-state index < -0.39 is 0 Å². The van der Waals surface area contributed by atoms with Gasteiger partial charge < -0.3 is 14.4 Å². The number of rotatable bonds is 3. The molecule has 25 heavy (non-hydrogen) atoms. The molecule has 7 heteroatoms. The van der Waals surface area contributed by atoms with Crippen LogP contribution in [-0.2, 0) is 4.79 Å². The number of hydrogen-bond donors (Lipinski definition) is 0. The lowest BCUT2D eigenvalue weighted by atomic mass is 9.95. The van der Waals surface area contributed by atoms with Crippen molar-refractivity contribution in [3.63, 3.8) is 0 Å². The molecule has 0 saturated carbocycles. The first-order valence-corrected chi connectivity index (χ1v) is 9.09. The van der Waals surface area contributed by atoms with Crippen LogP contribution in [0, 0.1) is 5.92 Å². The zero-order chi connectivity index (χ0) is 17.1. The fraction of sp³-hybridized carbons (Fsp3) is 0.556. The topological polar surface area (TPSA) is 67.2 Å². The Morgan fingerprint density at radius 2 is 1.88 bits per heavy atom. The summed E-state index contributed by atoms with van der Waals surface area (Å²) in [6, 6.07) is 2.16. The van der Waals surface area contributed by atoms with Crippen LogP contribution in [0.15, 0.2) is 37.2 Å². The van der Waals surface area contributed by atoms with E-state index in [1.807, 2.05) is 23.5 Å². The summed E-state index contributed by atoms with van der Waals surface area (Å²) in [5.41, 5.74) is 0. The fourth-order valence-electron chi connectivity index (χ4n) is 3.96. The molecule has 0 spiro atoms. The highest BCUT2D eigenvalue weighted by Gasteiger charge is 2.32. The minimum atomic E-state index is 0.0408. The summed E-state index contributed by atoms with van der Waals surface area (Å²) in [5, 5.41) is 0. The predicted octanol–water partition coefficient (Wildman–Crippen LogP) is 1.75. The quantitative estimate of drug-likeness (QED) is 0.852. The van der Waals surface area contributed by atoms with Crippen molar-refractivity contribution in [1.82, 2.24) is 24.4 Å². The number of hydrogen-bond acceptors (Lipinski definition) is 5. The van der Waals surface area contributed by atoms with Crippen LogP contribution >= 0.6 is 0 Å². The summed E-state index contributed by atoms with van der Waals surface area (Å²) in [4.78, 5) is 30.1. The van der Waals surface area contributed by atoms with Gasteiger partial charge in [0.05, 0.1) is 18.3 Å². The molecule has 7 nitrogen and oxygen atoms in total. The van der Waals surface area contributed by atoms with Gasteiger partial charge in [-0.1, -0.05) is 0 Å². The molecule has 2 atom stereocenters. The van der Waals surface area contributed by atoms with Gasteiger partial charge in [0.15, 0.2) is 0 Å². The van der Waals surface area contributed by atoms with Gasteiger partial charge in [-0.15, -0.1) is 0 Å². The predicted molar refractivity (Wildman–Crippen MR) is 94.0 cm³/mol. The molecule has 0 aliphatic carbocycles. The highest BCUT2D eigenvalue weighted by molar-refractivity contribution is 5.79. The summed E-state index contributed by atoms with van der Waals surface area (Å²) in [7, 11) is 0. The van der Waals surface area contributed by atoms with E-state index in [-0.39, 0.29) is 11.8 Å². The van der Waals surface area contributed by atoms with Gasteiger partial charge in [0.25, 0.3) is 0 Å². The lowest BCUT2D eigenvalue weighted by Gasteiger charge is -2.38. The van der Waals surface area contributed by atoms with E-state index in [1.54, 1.807) is 18.6 Å². The summed E-state index contributed by atoms with van der Waals surface area (Å²) < 4.78 is 2.13. The molecule has 0 unspecified atom stereocenters. The maximum Gasteiger partial charge on any atom is 0.227 e. The Bertz CT molecular complexity index is 689. The van der Waals surface area contributed by atoms with Gasteiger partial charge in [-0.05, 0) is 31.7 Å². The third-order valence-electron chi connectivity index (χ3n) is 5.26. The molecule has 4 heterocycles. The molecule has 0 radical (unpaired) electrons. The highest BCUT2D eigenvalue weighted by atomic mass is 16.2. The molecule has 1 amide bonds. The second-order valence-corrected chi connectivity index (χ2v) is 6.92. The van der Waals surface area contributed by atoms with Crippen LogP contribution < -0.4 is 4.90 Å². The fourth-order valence-corrected chi connectivity index (χ4v) is 3.96.